The number of rotatable bonds is 9. The number of hydrogen-bond donors (Lipinski definition) is 2. The number of amides is 1. The fourth-order valence-corrected chi connectivity index (χ4v) is 2.48. The molecule has 0 saturated carbocycles. The van der Waals surface area contributed by atoms with E-state index in [1.807, 2.05) is 31.2 Å². The second-order valence-electron chi connectivity index (χ2n) is 5.71. The minimum absolute atomic E-state index is 0.218. The first-order valence-corrected chi connectivity index (χ1v) is 8.45. The quantitative estimate of drug-likeness (QED) is 0.721. The molecular weight excluding hydrogens is 334 g/mol. The van der Waals surface area contributed by atoms with E-state index in [9.17, 15) is 9.59 Å². The number of nitrogens with one attached hydrogen (secondary N) is 1. The van der Waals surface area contributed by atoms with E-state index >= 15 is 0 Å². The zero-order valence-corrected chi connectivity index (χ0v) is 15.0. The van der Waals surface area contributed by atoms with E-state index in [4.69, 9.17) is 14.6 Å². The Morgan fingerprint density at radius 3 is 2.54 bits per heavy atom. The molecular formula is C20H23NO5. The highest BCUT2D eigenvalue weighted by Crippen LogP contribution is 2.28. The van der Waals surface area contributed by atoms with Crippen LogP contribution in [0.1, 0.15) is 28.4 Å². The van der Waals surface area contributed by atoms with Crippen LogP contribution < -0.4 is 14.8 Å². The van der Waals surface area contributed by atoms with Gasteiger partial charge in [0.2, 0.25) is 0 Å². The van der Waals surface area contributed by atoms with Crippen molar-refractivity contribution < 1.29 is 24.2 Å². The number of carboxylic acid groups (broad SMARTS) is 1. The van der Waals surface area contributed by atoms with Gasteiger partial charge in [0.05, 0.1) is 6.61 Å². The average molecular weight is 357 g/mol. The van der Waals surface area contributed by atoms with Crippen LogP contribution in [0.3, 0.4) is 0 Å². The lowest BCUT2D eigenvalue weighted by atomic mass is 10.1. The van der Waals surface area contributed by atoms with Crippen molar-refractivity contribution in [2.24, 2.45) is 0 Å². The molecule has 1 amide bonds. The molecule has 0 spiro atoms. The lowest BCUT2D eigenvalue weighted by Gasteiger charge is -2.13. The third-order valence-corrected chi connectivity index (χ3v) is 3.80. The molecule has 138 valence electrons. The molecule has 2 aromatic carbocycles. The van der Waals surface area contributed by atoms with E-state index in [1.165, 1.54) is 11.1 Å². The molecule has 2 N–H and O–H groups in total. The van der Waals surface area contributed by atoms with Crippen LogP contribution in [0.4, 0.5) is 0 Å². The summed E-state index contributed by atoms with van der Waals surface area (Å²) in [6.45, 7) is 4.27. The van der Waals surface area contributed by atoms with Gasteiger partial charge in [-0.2, -0.15) is 0 Å². The monoisotopic (exact) mass is 357 g/mol. The second kappa shape index (κ2) is 9.46. The van der Waals surface area contributed by atoms with Crippen LogP contribution in [0.25, 0.3) is 0 Å². The fourth-order valence-electron chi connectivity index (χ4n) is 2.48. The Bertz CT molecular complexity index is 773. The minimum atomic E-state index is -1.08. The van der Waals surface area contributed by atoms with Gasteiger partial charge in [-0.25, -0.2) is 4.79 Å². The maximum atomic E-state index is 12.4. The highest BCUT2D eigenvalue weighted by atomic mass is 16.5. The molecule has 0 bridgehead atoms. The normalized spacial score (nSPS) is 10.2. The topological polar surface area (TPSA) is 84.9 Å². The number of aliphatic carboxylic acids is 1. The molecule has 0 heterocycles. The molecule has 0 atom stereocenters. The molecule has 0 aromatic heterocycles. The zero-order chi connectivity index (χ0) is 18.9. The van der Waals surface area contributed by atoms with E-state index in [2.05, 4.69) is 5.32 Å². The van der Waals surface area contributed by atoms with Gasteiger partial charge < -0.3 is 19.9 Å². The molecule has 0 aliphatic heterocycles. The van der Waals surface area contributed by atoms with Gasteiger partial charge in [-0.05, 0) is 49.6 Å². The first-order valence-electron chi connectivity index (χ1n) is 8.45. The van der Waals surface area contributed by atoms with Crippen molar-refractivity contribution in [1.29, 1.82) is 0 Å². The number of aryl methyl sites for hydroxylation is 1. The summed E-state index contributed by atoms with van der Waals surface area (Å²) in [7, 11) is 0. The molecule has 26 heavy (non-hydrogen) atoms. The maximum absolute atomic E-state index is 12.4. The fraction of sp³-hybridized carbons (Fsp3) is 0.300. The van der Waals surface area contributed by atoms with Gasteiger partial charge in [0.25, 0.3) is 5.91 Å². The van der Waals surface area contributed by atoms with Crippen LogP contribution in [-0.4, -0.2) is 36.7 Å². The molecule has 0 radical (unpaired) electrons. The number of benzene rings is 2. The molecule has 0 fully saturated rings. The Morgan fingerprint density at radius 2 is 1.85 bits per heavy atom. The van der Waals surface area contributed by atoms with Crippen LogP contribution in [0.15, 0.2) is 42.5 Å². The summed E-state index contributed by atoms with van der Waals surface area (Å²) in [5.74, 6) is -0.652. The first kappa shape index (κ1) is 19.3. The van der Waals surface area contributed by atoms with Crippen molar-refractivity contribution in [3.63, 3.8) is 0 Å². The average Bonchev–Trinajstić information content (AvgIpc) is 2.62. The van der Waals surface area contributed by atoms with Crippen molar-refractivity contribution in [3.8, 4) is 11.5 Å². The first-order chi connectivity index (χ1) is 12.5. The van der Waals surface area contributed by atoms with E-state index in [0.717, 1.165) is 6.42 Å². The number of carbonyl (C=O) groups excluding carboxylic acids is 1. The largest absolute Gasteiger partial charge is 0.490 e. The highest BCUT2D eigenvalue weighted by Gasteiger charge is 2.12. The summed E-state index contributed by atoms with van der Waals surface area (Å²) in [5, 5.41) is 11.6. The Labute approximate surface area is 152 Å². The summed E-state index contributed by atoms with van der Waals surface area (Å²) >= 11 is 0. The smallest absolute Gasteiger partial charge is 0.341 e. The van der Waals surface area contributed by atoms with Gasteiger partial charge in [-0.15, -0.1) is 0 Å². The summed E-state index contributed by atoms with van der Waals surface area (Å²) in [6.07, 6.45) is 0.747. The van der Waals surface area contributed by atoms with E-state index in [-0.39, 0.29) is 5.91 Å². The summed E-state index contributed by atoms with van der Waals surface area (Å²) in [5.41, 5.74) is 2.82. The molecule has 6 heteroatoms. The SMILES string of the molecule is CCOc1cc(C(=O)NCCc2ccccc2C)ccc1OCC(=O)O. The standard InChI is InChI=1S/C20H23NO5/c1-3-25-18-12-16(8-9-17(18)26-13-19(22)23)20(24)21-11-10-15-7-5-4-6-14(15)2/h4-9,12H,3,10-11,13H2,1-2H3,(H,21,24)(H,22,23). The van der Waals surface area contributed by atoms with Crippen LogP contribution in [0.2, 0.25) is 0 Å². The van der Waals surface area contributed by atoms with Crippen molar-refractivity contribution in [3.05, 3.63) is 59.2 Å². The Hall–Kier alpha value is -3.02. The van der Waals surface area contributed by atoms with Gasteiger partial charge in [0.1, 0.15) is 0 Å². The maximum Gasteiger partial charge on any atom is 0.341 e. The van der Waals surface area contributed by atoms with Gasteiger partial charge in [0, 0.05) is 12.1 Å². The molecule has 0 unspecified atom stereocenters. The Balaban J connectivity index is 2.00. The number of carbonyl (C=O) groups is 2. The van der Waals surface area contributed by atoms with Gasteiger partial charge in [-0.3, -0.25) is 4.79 Å². The number of ether oxygens (including phenoxy) is 2. The van der Waals surface area contributed by atoms with Crippen LogP contribution in [0, 0.1) is 6.92 Å². The summed E-state index contributed by atoms with van der Waals surface area (Å²) in [4.78, 5) is 23.0. The number of hydrogen-bond acceptors (Lipinski definition) is 4. The predicted octanol–water partition coefficient (Wildman–Crippen LogP) is 2.83. The van der Waals surface area contributed by atoms with Crippen molar-refractivity contribution in [2.75, 3.05) is 19.8 Å². The van der Waals surface area contributed by atoms with Gasteiger partial charge in [0.15, 0.2) is 18.1 Å². The molecule has 0 aliphatic carbocycles. The van der Waals surface area contributed by atoms with Crippen molar-refractivity contribution in [2.45, 2.75) is 20.3 Å². The molecule has 0 saturated heterocycles. The molecule has 6 nitrogen and oxygen atoms in total. The van der Waals surface area contributed by atoms with E-state index in [1.54, 1.807) is 25.1 Å². The van der Waals surface area contributed by atoms with Crippen LogP contribution in [-0.2, 0) is 11.2 Å². The van der Waals surface area contributed by atoms with Gasteiger partial charge in [-0.1, -0.05) is 24.3 Å². The molecule has 2 rings (SSSR count). The molecule has 0 aliphatic rings. The van der Waals surface area contributed by atoms with E-state index in [0.29, 0.717) is 30.2 Å². The lowest BCUT2D eigenvalue weighted by Crippen LogP contribution is -2.26. The Kier molecular flexibility index (Phi) is 7.02. The Morgan fingerprint density at radius 1 is 1.08 bits per heavy atom. The number of carboxylic acids is 1. The lowest BCUT2D eigenvalue weighted by molar-refractivity contribution is -0.139. The van der Waals surface area contributed by atoms with Crippen LogP contribution in [0.5, 0.6) is 11.5 Å². The van der Waals surface area contributed by atoms with E-state index < -0.39 is 12.6 Å². The van der Waals surface area contributed by atoms with Gasteiger partial charge >= 0.3 is 5.97 Å². The van der Waals surface area contributed by atoms with Crippen molar-refractivity contribution in [1.82, 2.24) is 5.32 Å². The zero-order valence-electron chi connectivity index (χ0n) is 15.0. The van der Waals surface area contributed by atoms with Crippen molar-refractivity contribution >= 4 is 11.9 Å². The minimum Gasteiger partial charge on any atom is -0.490 e. The second-order valence-corrected chi connectivity index (χ2v) is 5.71. The predicted molar refractivity (Wildman–Crippen MR) is 98.0 cm³/mol. The summed E-state index contributed by atoms with van der Waals surface area (Å²) < 4.78 is 10.6. The molecule has 2 aromatic rings. The third-order valence-electron chi connectivity index (χ3n) is 3.80. The summed E-state index contributed by atoms with van der Waals surface area (Å²) in [6, 6.07) is 12.7. The van der Waals surface area contributed by atoms with Crippen LogP contribution >= 0.6 is 0 Å². The highest BCUT2D eigenvalue weighted by molar-refractivity contribution is 5.94. The third kappa shape index (κ3) is 5.51.